The number of rotatable bonds is 19. The van der Waals surface area contributed by atoms with Crippen LogP contribution >= 0.6 is 0 Å². The Bertz CT molecular complexity index is 249. The van der Waals surface area contributed by atoms with E-state index >= 15 is 0 Å². The molecular weight excluding hydrogens is 316 g/mol. The molecule has 0 aromatic rings. The molecule has 1 radical (unpaired) electrons. The second-order valence-electron chi connectivity index (χ2n) is 5.05. The molecule has 0 amide bonds. The van der Waals surface area contributed by atoms with Gasteiger partial charge in [-0.1, -0.05) is 0 Å². The van der Waals surface area contributed by atoms with E-state index < -0.39 is 5.97 Å². The minimum atomic E-state index is -2.03. The molecule has 0 unspecified atom stereocenters. The van der Waals surface area contributed by atoms with Gasteiger partial charge in [-0.05, 0) is 0 Å². The van der Waals surface area contributed by atoms with E-state index in [1.54, 1.807) is 0 Å². The molecule has 0 aromatic heterocycles. The molecule has 0 spiro atoms. The first-order valence-electron chi connectivity index (χ1n) is 8.47. The van der Waals surface area contributed by atoms with Gasteiger partial charge in [0.25, 0.3) is 0 Å². The highest BCUT2D eigenvalue weighted by Crippen LogP contribution is 2.10. The molecule has 0 fully saturated rings. The number of nitrogens with two attached hydrogens (primary N) is 3. The van der Waals surface area contributed by atoms with Crippen molar-refractivity contribution in [1.82, 2.24) is 16.0 Å². The number of hydrogen-bond donors (Lipinski definition) is 6. The second-order valence-corrected chi connectivity index (χ2v) is 5.05. The van der Waals surface area contributed by atoms with Gasteiger partial charge in [-0.25, -0.2) is 0 Å². The van der Waals surface area contributed by atoms with Gasteiger partial charge in [0, 0.05) is 58.9 Å². The summed E-state index contributed by atoms with van der Waals surface area (Å²) in [5, 5.41) is 21.7. The van der Waals surface area contributed by atoms with E-state index in [9.17, 15) is 5.11 Å². The summed E-state index contributed by atoms with van der Waals surface area (Å²) in [6.45, 7) is 5.95. The summed E-state index contributed by atoms with van der Waals surface area (Å²) in [5.74, 6) is -2.03. The summed E-state index contributed by atoms with van der Waals surface area (Å²) in [6, 6.07) is 0. The van der Waals surface area contributed by atoms with E-state index in [1.165, 1.54) is 0 Å². The monoisotopic (exact) mass is 351 g/mol. The fourth-order valence-electron chi connectivity index (χ4n) is 1.71. The molecule has 0 aliphatic rings. The molecule has 0 heterocycles. The summed E-state index contributed by atoms with van der Waals surface area (Å²) < 4.78 is 16.0. The van der Waals surface area contributed by atoms with Gasteiger partial charge in [-0.3, -0.25) is 0 Å². The van der Waals surface area contributed by atoms with E-state index in [1.807, 2.05) is 0 Å². The van der Waals surface area contributed by atoms with Crippen molar-refractivity contribution < 1.29 is 19.3 Å². The molecule has 10 nitrogen and oxygen atoms in total. The maximum absolute atomic E-state index is 12.5. The zero-order chi connectivity index (χ0) is 17.9. The van der Waals surface area contributed by atoms with Crippen molar-refractivity contribution in [2.75, 3.05) is 85.3 Å². The Morgan fingerprint density at radius 2 is 1.08 bits per heavy atom. The fraction of sp³-hybridized carbons (Fsp3) is 1.00. The van der Waals surface area contributed by atoms with Crippen molar-refractivity contribution in [3.8, 4) is 0 Å². The van der Waals surface area contributed by atoms with Gasteiger partial charge < -0.3 is 47.4 Å². The Morgan fingerprint density at radius 3 is 1.50 bits per heavy atom. The van der Waals surface area contributed by atoms with Crippen LogP contribution in [0.1, 0.15) is 0 Å². The predicted octanol–water partition coefficient (Wildman–Crippen LogP) is -3.23. The molecule has 0 saturated heterocycles. The van der Waals surface area contributed by atoms with Gasteiger partial charge in [-0.2, -0.15) is 5.11 Å². The third kappa shape index (κ3) is 15.1. The Labute approximate surface area is 144 Å². The van der Waals surface area contributed by atoms with Crippen LogP contribution in [0, 0.1) is 0 Å². The van der Waals surface area contributed by atoms with E-state index in [0.29, 0.717) is 65.5 Å². The Hall–Kier alpha value is -0.400. The first kappa shape index (κ1) is 23.6. The topological polar surface area (TPSA) is 162 Å². The Morgan fingerprint density at radius 1 is 0.667 bits per heavy atom. The summed E-state index contributed by atoms with van der Waals surface area (Å²) in [4.78, 5) is 0. The maximum Gasteiger partial charge on any atom is 0.336 e. The lowest BCUT2D eigenvalue weighted by molar-refractivity contribution is -0.400. The van der Waals surface area contributed by atoms with Gasteiger partial charge in [0.15, 0.2) is 0 Å². The molecule has 145 valence electrons. The van der Waals surface area contributed by atoms with Gasteiger partial charge in [0.05, 0.1) is 19.8 Å². The third-order valence-corrected chi connectivity index (χ3v) is 2.87. The lowest BCUT2D eigenvalue weighted by Gasteiger charge is -2.26. The molecule has 0 aromatic carbocycles. The normalized spacial score (nSPS) is 12.0. The zero-order valence-electron chi connectivity index (χ0n) is 14.6. The highest BCUT2D eigenvalue weighted by atomic mass is 16.8. The highest BCUT2D eigenvalue weighted by molar-refractivity contribution is 4.57. The molecule has 0 saturated carbocycles. The minimum absolute atomic E-state index is 0.189. The molecule has 0 atom stereocenters. The molecule has 24 heavy (non-hydrogen) atoms. The summed E-state index contributed by atoms with van der Waals surface area (Å²) >= 11 is 0. The average molecular weight is 351 g/mol. The summed E-state index contributed by atoms with van der Waals surface area (Å²) in [6.07, 6.45) is 0. The van der Waals surface area contributed by atoms with Gasteiger partial charge in [0.1, 0.15) is 6.61 Å². The van der Waals surface area contributed by atoms with Crippen LogP contribution in [-0.4, -0.2) is 91.3 Å². The molecule has 9 N–H and O–H groups in total. The highest BCUT2D eigenvalue weighted by Gasteiger charge is 2.32. The number of ether oxygens (including phenoxy) is 3. The van der Waals surface area contributed by atoms with Crippen LogP contribution in [0.2, 0.25) is 0 Å². The quantitative estimate of drug-likeness (QED) is 0.104. The van der Waals surface area contributed by atoms with Crippen LogP contribution in [0.25, 0.3) is 0 Å². The molecule has 0 aliphatic carbocycles. The Balaban J connectivity index is 4.00. The molecule has 10 heteroatoms. The third-order valence-electron chi connectivity index (χ3n) is 2.87. The molecular formula is C14H35N6O4. The van der Waals surface area contributed by atoms with Gasteiger partial charge >= 0.3 is 5.97 Å². The standard InChI is InChI=1S/C14H35N6O4/c15-1-4-18-7-10-22-13-14(21,23-11-8-19-5-2-16)24-12-9-20-6-3-17/h18-20H,1-13,15-17H2. The second kappa shape index (κ2) is 17.4. The van der Waals surface area contributed by atoms with Crippen LogP contribution in [0.5, 0.6) is 0 Å². The van der Waals surface area contributed by atoms with Crippen LogP contribution < -0.4 is 33.2 Å². The van der Waals surface area contributed by atoms with E-state index in [2.05, 4.69) is 16.0 Å². The van der Waals surface area contributed by atoms with Crippen molar-refractivity contribution in [2.24, 2.45) is 17.2 Å². The maximum atomic E-state index is 12.5. The fourth-order valence-corrected chi connectivity index (χ4v) is 1.71. The molecule has 0 aliphatic heterocycles. The largest absolute Gasteiger partial charge is 0.372 e. The smallest absolute Gasteiger partial charge is 0.336 e. The van der Waals surface area contributed by atoms with Crippen molar-refractivity contribution in [2.45, 2.75) is 5.97 Å². The van der Waals surface area contributed by atoms with Gasteiger partial charge in [-0.15, -0.1) is 0 Å². The first-order valence-corrected chi connectivity index (χ1v) is 8.47. The average Bonchev–Trinajstić information content (AvgIpc) is 2.58. The first-order chi connectivity index (χ1) is 11.7. The van der Waals surface area contributed by atoms with Crippen molar-refractivity contribution >= 4 is 0 Å². The van der Waals surface area contributed by atoms with Crippen LogP contribution in [0.4, 0.5) is 0 Å². The van der Waals surface area contributed by atoms with Crippen molar-refractivity contribution in [3.05, 3.63) is 0 Å². The zero-order valence-corrected chi connectivity index (χ0v) is 14.6. The number of nitrogens with one attached hydrogen (secondary N) is 3. The molecule has 0 bridgehead atoms. The Kier molecular flexibility index (Phi) is 17.1. The van der Waals surface area contributed by atoms with Crippen molar-refractivity contribution in [1.29, 1.82) is 0 Å². The lowest BCUT2D eigenvalue weighted by Crippen LogP contribution is -2.43. The van der Waals surface area contributed by atoms with E-state index in [4.69, 9.17) is 31.4 Å². The van der Waals surface area contributed by atoms with Crippen LogP contribution in [0.3, 0.4) is 0 Å². The van der Waals surface area contributed by atoms with Crippen molar-refractivity contribution in [3.63, 3.8) is 0 Å². The number of hydrogen-bond acceptors (Lipinski definition) is 9. The van der Waals surface area contributed by atoms with E-state index in [0.717, 1.165) is 0 Å². The summed E-state index contributed by atoms with van der Waals surface area (Å²) in [7, 11) is 0. The molecule has 0 rings (SSSR count). The minimum Gasteiger partial charge on any atom is -0.372 e. The SMILES string of the molecule is NCCNCCOCC([O])(OCCNCCN)OCCNCCN. The van der Waals surface area contributed by atoms with Gasteiger partial charge in [0.2, 0.25) is 0 Å². The summed E-state index contributed by atoms with van der Waals surface area (Å²) in [5.41, 5.74) is 16.1. The van der Waals surface area contributed by atoms with Crippen LogP contribution in [0.15, 0.2) is 0 Å². The van der Waals surface area contributed by atoms with E-state index in [-0.39, 0.29) is 19.8 Å². The predicted molar refractivity (Wildman–Crippen MR) is 91.9 cm³/mol. The van der Waals surface area contributed by atoms with Crippen LogP contribution in [-0.2, 0) is 19.3 Å². The lowest BCUT2D eigenvalue weighted by atomic mass is 10.5.